The lowest BCUT2D eigenvalue weighted by Crippen LogP contribution is -2.29. The highest BCUT2D eigenvalue weighted by Gasteiger charge is 2.21. The monoisotopic (exact) mass is 361 g/mol. The molecule has 0 radical (unpaired) electrons. The predicted molar refractivity (Wildman–Crippen MR) is 95.7 cm³/mol. The summed E-state index contributed by atoms with van der Waals surface area (Å²) in [5.74, 6) is 1.66. The van der Waals surface area contributed by atoms with E-state index in [2.05, 4.69) is 25.6 Å². The standard InChI is InChI=1S/C16H23N7O3/c1-10-13(21-9-26-10)7-19-16-20-8-14(23(24)25)15(22-16)18-6-11-2-4-12(17)5-3-11/h8-9,11-12H,2-7,17H2,1H3,(H2,18,19,20,22)/t11-,12-. The Morgan fingerprint density at radius 1 is 1.31 bits per heavy atom. The fourth-order valence-corrected chi connectivity index (χ4v) is 3.02. The lowest BCUT2D eigenvalue weighted by molar-refractivity contribution is -0.384. The third kappa shape index (κ3) is 4.45. The highest BCUT2D eigenvalue weighted by atomic mass is 16.6. The predicted octanol–water partition coefficient (Wildman–Crippen LogP) is 2.22. The third-order valence-electron chi connectivity index (χ3n) is 4.67. The van der Waals surface area contributed by atoms with Crippen LogP contribution in [0.5, 0.6) is 0 Å². The molecule has 0 spiro atoms. The molecule has 0 atom stereocenters. The van der Waals surface area contributed by atoms with E-state index in [1.807, 2.05) is 6.92 Å². The number of anilines is 2. The summed E-state index contributed by atoms with van der Waals surface area (Å²) >= 11 is 0. The smallest absolute Gasteiger partial charge is 0.329 e. The van der Waals surface area contributed by atoms with Crippen LogP contribution in [0.1, 0.15) is 37.1 Å². The number of rotatable bonds is 7. The summed E-state index contributed by atoms with van der Waals surface area (Å²) in [6.45, 7) is 2.82. The van der Waals surface area contributed by atoms with Gasteiger partial charge in [0, 0.05) is 12.6 Å². The molecule has 1 saturated carbocycles. The second kappa shape index (κ2) is 8.09. The topological polar surface area (TPSA) is 145 Å². The Morgan fingerprint density at radius 3 is 2.73 bits per heavy atom. The van der Waals surface area contributed by atoms with E-state index < -0.39 is 4.92 Å². The maximum absolute atomic E-state index is 11.2. The van der Waals surface area contributed by atoms with Gasteiger partial charge in [0.2, 0.25) is 11.8 Å². The van der Waals surface area contributed by atoms with Gasteiger partial charge in [-0.1, -0.05) is 0 Å². The van der Waals surface area contributed by atoms with Gasteiger partial charge >= 0.3 is 5.69 Å². The number of nitro groups is 1. The first-order valence-corrected chi connectivity index (χ1v) is 8.66. The van der Waals surface area contributed by atoms with Crippen molar-refractivity contribution in [1.82, 2.24) is 15.0 Å². The van der Waals surface area contributed by atoms with Crippen molar-refractivity contribution in [3.05, 3.63) is 34.2 Å². The number of nitrogens with two attached hydrogens (primary N) is 1. The first kappa shape index (κ1) is 18.1. The molecule has 0 amide bonds. The number of hydrogen-bond donors (Lipinski definition) is 3. The number of oxazole rings is 1. The lowest BCUT2D eigenvalue weighted by Gasteiger charge is -2.26. The van der Waals surface area contributed by atoms with Gasteiger partial charge < -0.3 is 20.8 Å². The van der Waals surface area contributed by atoms with Crippen molar-refractivity contribution in [2.75, 3.05) is 17.2 Å². The van der Waals surface area contributed by atoms with Crippen LogP contribution in [-0.4, -0.2) is 32.5 Å². The van der Waals surface area contributed by atoms with E-state index in [1.54, 1.807) is 0 Å². The molecule has 0 aliphatic heterocycles. The summed E-state index contributed by atoms with van der Waals surface area (Å²) in [5, 5.41) is 17.4. The van der Waals surface area contributed by atoms with Crippen LogP contribution in [0.3, 0.4) is 0 Å². The molecule has 10 nitrogen and oxygen atoms in total. The third-order valence-corrected chi connectivity index (χ3v) is 4.67. The molecule has 10 heteroatoms. The van der Waals surface area contributed by atoms with E-state index >= 15 is 0 Å². The average Bonchev–Trinajstić information content (AvgIpc) is 3.04. The molecule has 2 aromatic heterocycles. The Kier molecular flexibility index (Phi) is 5.61. The Hall–Kier alpha value is -2.75. The first-order valence-electron chi connectivity index (χ1n) is 8.66. The summed E-state index contributed by atoms with van der Waals surface area (Å²) in [7, 11) is 0. The van der Waals surface area contributed by atoms with Gasteiger partial charge in [0.25, 0.3) is 0 Å². The van der Waals surface area contributed by atoms with Crippen molar-refractivity contribution in [1.29, 1.82) is 0 Å². The molecular formula is C16H23N7O3. The van der Waals surface area contributed by atoms with Crippen LogP contribution < -0.4 is 16.4 Å². The zero-order valence-electron chi connectivity index (χ0n) is 14.6. The minimum Gasteiger partial charge on any atom is -0.448 e. The zero-order chi connectivity index (χ0) is 18.5. The second-order valence-electron chi connectivity index (χ2n) is 6.56. The Balaban J connectivity index is 1.65. The molecule has 4 N–H and O–H groups in total. The summed E-state index contributed by atoms with van der Waals surface area (Å²) in [6.07, 6.45) is 6.59. The molecule has 3 rings (SSSR count). The molecule has 2 heterocycles. The average molecular weight is 361 g/mol. The molecule has 1 aliphatic rings. The maximum atomic E-state index is 11.2. The number of nitrogens with zero attached hydrogens (tertiary/aromatic N) is 4. The van der Waals surface area contributed by atoms with Gasteiger partial charge in [-0.05, 0) is 38.5 Å². The fraction of sp³-hybridized carbons (Fsp3) is 0.562. The summed E-state index contributed by atoms with van der Waals surface area (Å²) < 4.78 is 5.14. The zero-order valence-corrected chi connectivity index (χ0v) is 14.6. The number of hydrogen-bond acceptors (Lipinski definition) is 9. The molecule has 0 unspecified atom stereocenters. The Bertz CT molecular complexity index is 756. The van der Waals surface area contributed by atoms with Crippen molar-refractivity contribution < 1.29 is 9.34 Å². The quantitative estimate of drug-likeness (QED) is 0.499. The Labute approximate surface area is 150 Å². The highest BCUT2D eigenvalue weighted by Crippen LogP contribution is 2.26. The first-order chi connectivity index (χ1) is 12.5. The van der Waals surface area contributed by atoms with E-state index in [4.69, 9.17) is 10.2 Å². The maximum Gasteiger partial charge on any atom is 0.329 e. The summed E-state index contributed by atoms with van der Waals surface area (Å²) in [5.41, 5.74) is 6.52. The van der Waals surface area contributed by atoms with Crippen molar-refractivity contribution in [2.24, 2.45) is 11.7 Å². The summed E-state index contributed by atoms with van der Waals surface area (Å²) in [4.78, 5) is 23.1. The van der Waals surface area contributed by atoms with Gasteiger partial charge in [-0.25, -0.2) is 9.97 Å². The molecular weight excluding hydrogens is 338 g/mol. The van der Waals surface area contributed by atoms with E-state index in [1.165, 1.54) is 12.6 Å². The van der Waals surface area contributed by atoms with Crippen LogP contribution in [0.2, 0.25) is 0 Å². The van der Waals surface area contributed by atoms with Gasteiger partial charge in [-0.15, -0.1) is 0 Å². The van der Waals surface area contributed by atoms with E-state index in [9.17, 15) is 10.1 Å². The van der Waals surface area contributed by atoms with E-state index in [0.717, 1.165) is 31.4 Å². The normalized spacial score (nSPS) is 19.9. The Morgan fingerprint density at radius 2 is 2.08 bits per heavy atom. The van der Waals surface area contributed by atoms with Gasteiger partial charge in [-0.3, -0.25) is 10.1 Å². The van der Waals surface area contributed by atoms with Crippen LogP contribution >= 0.6 is 0 Å². The number of aryl methyl sites for hydroxylation is 1. The summed E-state index contributed by atoms with van der Waals surface area (Å²) in [6, 6.07) is 0.274. The van der Waals surface area contributed by atoms with Crippen LogP contribution in [0.4, 0.5) is 17.5 Å². The molecule has 0 saturated heterocycles. The molecule has 140 valence electrons. The molecule has 0 aromatic carbocycles. The van der Waals surface area contributed by atoms with E-state index in [-0.39, 0.29) is 17.5 Å². The lowest BCUT2D eigenvalue weighted by atomic mass is 9.86. The second-order valence-corrected chi connectivity index (χ2v) is 6.56. The van der Waals surface area contributed by atoms with Gasteiger partial charge in [0.1, 0.15) is 17.7 Å². The van der Waals surface area contributed by atoms with Crippen LogP contribution in [-0.2, 0) is 6.54 Å². The minimum atomic E-state index is -0.481. The molecule has 1 aliphatic carbocycles. The van der Waals surface area contributed by atoms with Crippen molar-refractivity contribution >= 4 is 17.5 Å². The van der Waals surface area contributed by atoms with Crippen LogP contribution in [0, 0.1) is 23.0 Å². The van der Waals surface area contributed by atoms with Gasteiger partial charge in [-0.2, -0.15) is 4.98 Å². The molecule has 0 bridgehead atoms. The van der Waals surface area contributed by atoms with Crippen molar-refractivity contribution in [3.8, 4) is 0 Å². The van der Waals surface area contributed by atoms with E-state index in [0.29, 0.717) is 30.7 Å². The molecule has 1 fully saturated rings. The van der Waals surface area contributed by atoms with Gasteiger partial charge in [0.05, 0.1) is 11.5 Å². The fourth-order valence-electron chi connectivity index (χ4n) is 3.02. The SMILES string of the molecule is Cc1ocnc1CNc1ncc([N+](=O)[O-])c(NC[C@H]2CC[C@H](N)CC2)n1. The van der Waals surface area contributed by atoms with Gasteiger partial charge in [0.15, 0.2) is 6.39 Å². The molecule has 26 heavy (non-hydrogen) atoms. The van der Waals surface area contributed by atoms with Crippen LogP contribution in [0.25, 0.3) is 0 Å². The minimum absolute atomic E-state index is 0.138. The van der Waals surface area contributed by atoms with Crippen molar-refractivity contribution in [2.45, 2.75) is 45.2 Å². The molecule has 2 aromatic rings. The van der Waals surface area contributed by atoms with Crippen molar-refractivity contribution in [3.63, 3.8) is 0 Å². The highest BCUT2D eigenvalue weighted by molar-refractivity contribution is 5.57. The largest absolute Gasteiger partial charge is 0.448 e. The number of aromatic nitrogens is 3. The van der Waals surface area contributed by atoms with Crippen LogP contribution in [0.15, 0.2) is 17.0 Å². The number of nitrogens with one attached hydrogen (secondary N) is 2.